The largest absolute Gasteiger partial charge is 0.373 e. The van der Waals surface area contributed by atoms with Crippen LogP contribution in [-0.2, 0) is 11.3 Å². The third-order valence-corrected chi connectivity index (χ3v) is 4.89. The fourth-order valence-corrected chi connectivity index (χ4v) is 3.47. The molecule has 3 aromatic rings. The van der Waals surface area contributed by atoms with Gasteiger partial charge >= 0.3 is 0 Å². The number of ether oxygens (including phenoxy) is 1. The Morgan fingerprint density at radius 3 is 3.04 bits per heavy atom. The molecule has 1 aromatic carbocycles. The first-order valence-corrected chi connectivity index (χ1v) is 9.12. The molecule has 3 heterocycles. The minimum Gasteiger partial charge on any atom is -0.373 e. The van der Waals surface area contributed by atoms with Gasteiger partial charge in [0.25, 0.3) is 0 Å². The average Bonchev–Trinajstić information content (AvgIpc) is 3.17. The lowest BCUT2D eigenvalue weighted by molar-refractivity contribution is -0.0402. The highest BCUT2D eigenvalue weighted by atomic mass is 16.5. The molecule has 2 atom stereocenters. The smallest absolute Gasteiger partial charge is 0.160 e. The van der Waals surface area contributed by atoms with Gasteiger partial charge < -0.3 is 10.1 Å². The Morgan fingerprint density at radius 1 is 1.31 bits per heavy atom. The van der Waals surface area contributed by atoms with Gasteiger partial charge in [-0.25, -0.2) is 9.97 Å². The summed E-state index contributed by atoms with van der Waals surface area (Å²) in [7, 11) is 0. The predicted molar refractivity (Wildman–Crippen MR) is 101 cm³/mol. The van der Waals surface area contributed by atoms with Gasteiger partial charge in [-0.2, -0.15) is 5.10 Å². The molecule has 1 aliphatic rings. The fourth-order valence-electron chi connectivity index (χ4n) is 3.47. The van der Waals surface area contributed by atoms with E-state index in [-0.39, 0.29) is 12.1 Å². The normalized spacial score (nSPS) is 19.5. The Morgan fingerprint density at radius 2 is 2.19 bits per heavy atom. The molecule has 2 aromatic heterocycles. The summed E-state index contributed by atoms with van der Waals surface area (Å²) < 4.78 is 6.09. The number of hydrogen-bond donors (Lipinski definition) is 2. The molecule has 0 radical (unpaired) electrons. The van der Waals surface area contributed by atoms with Crippen LogP contribution in [0.2, 0.25) is 0 Å². The number of nitrogens with one attached hydrogen (secondary N) is 2. The lowest BCUT2D eigenvalue weighted by atomic mass is 10.1. The van der Waals surface area contributed by atoms with Crippen LogP contribution < -0.4 is 5.32 Å². The van der Waals surface area contributed by atoms with Crippen molar-refractivity contribution in [2.24, 2.45) is 0 Å². The molecule has 4 rings (SSSR count). The Balaban J connectivity index is 1.45. The maximum absolute atomic E-state index is 6.09. The summed E-state index contributed by atoms with van der Waals surface area (Å²) in [5, 5.41) is 11.4. The fraction of sp³-hybridized carbons (Fsp3) is 0.421. The zero-order chi connectivity index (χ0) is 17.8. The van der Waals surface area contributed by atoms with E-state index in [1.807, 2.05) is 0 Å². The number of aromatic nitrogens is 4. The number of hydrogen-bond acceptors (Lipinski definition) is 6. The first kappa shape index (κ1) is 16.9. The van der Waals surface area contributed by atoms with Crippen molar-refractivity contribution in [2.75, 3.05) is 25.0 Å². The first-order chi connectivity index (χ1) is 12.8. The van der Waals surface area contributed by atoms with E-state index in [9.17, 15) is 0 Å². The van der Waals surface area contributed by atoms with Crippen molar-refractivity contribution in [2.45, 2.75) is 32.0 Å². The van der Waals surface area contributed by atoms with Crippen LogP contribution in [0, 0.1) is 0 Å². The third-order valence-electron chi connectivity index (χ3n) is 4.89. The zero-order valence-corrected chi connectivity index (χ0v) is 14.9. The van der Waals surface area contributed by atoms with Crippen molar-refractivity contribution in [1.29, 1.82) is 0 Å². The van der Waals surface area contributed by atoms with Gasteiger partial charge in [0.2, 0.25) is 0 Å². The van der Waals surface area contributed by atoms with Crippen molar-refractivity contribution in [3.05, 3.63) is 48.4 Å². The van der Waals surface area contributed by atoms with E-state index in [1.165, 1.54) is 5.56 Å². The second-order valence-corrected chi connectivity index (χ2v) is 6.64. The summed E-state index contributed by atoms with van der Waals surface area (Å²) in [6.45, 7) is 5.74. The van der Waals surface area contributed by atoms with E-state index >= 15 is 0 Å². The van der Waals surface area contributed by atoms with Crippen LogP contribution >= 0.6 is 0 Å². The molecule has 2 unspecified atom stereocenters. The minimum atomic E-state index is 0.120. The molecule has 0 aliphatic carbocycles. The van der Waals surface area contributed by atoms with Crippen LogP contribution in [0.25, 0.3) is 11.0 Å². The average molecular weight is 352 g/mol. The van der Waals surface area contributed by atoms with E-state index < -0.39 is 0 Å². The Hall–Kier alpha value is -2.51. The Bertz CT molecular complexity index is 836. The van der Waals surface area contributed by atoms with Gasteiger partial charge in [0.1, 0.15) is 12.1 Å². The highest BCUT2D eigenvalue weighted by molar-refractivity contribution is 5.85. The van der Waals surface area contributed by atoms with Gasteiger partial charge in [0, 0.05) is 19.6 Å². The van der Waals surface area contributed by atoms with Gasteiger partial charge in [0.15, 0.2) is 5.65 Å². The number of nitrogens with zero attached hydrogens (tertiary/aromatic N) is 4. The van der Waals surface area contributed by atoms with Crippen molar-refractivity contribution >= 4 is 16.9 Å². The van der Waals surface area contributed by atoms with Crippen molar-refractivity contribution in [1.82, 2.24) is 25.1 Å². The molecular weight excluding hydrogens is 328 g/mol. The Labute approximate surface area is 152 Å². The van der Waals surface area contributed by atoms with Crippen LogP contribution in [0.15, 0.2) is 42.9 Å². The minimum absolute atomic E-state index is 0.120. The van der Waals surface area contributed by atoms with Gasteiger partial charge in [-0.3, -0.25) is 10.00 Å². The summed E-state index contributed by atoms with van der Waals surface area (Å²) in [5.74, 6) is 0.805. The number of fused-ring (bicyclic) bond motifs is 1. The molecule has 0 amide bonds. The number of benzene rings is 1. The highest BCUT2D eigenvalue weighted by Gasteiger charge is 2.28. The molecule has 1 aliphatic heterocycles. The summed E-state index contributed by atoms with van der Waals surface area (Å²) >= 11 is 0. The maximum atomic E-state index is 6.09. The van der Waals surface area contributed by atoms with Crippen LogP contribution in [-0.4, -0.2) is 56.9 Å². The molecule has 7 heteroatoms. The van der Waals surface area contributed by atoms with Crippen molar-refractivity contribution in [3.8, 4) is 0 Å². The molecule has 1 saturated heterocycles. The molecule has 7 nitrogen and oxygen atoms in total. The zero-order valence-electron chi connectivity index (χ0n) is 14.9. The lowest BCUT2D eigenvalue weighted by Crippen LogP contribution is -2.49. The maximum Gasteiger partial charge on any atom is 0.160 e. The van der Waals surface area contributed by atoms with Crippen LogP contribution in [0.4, 0.5) is 5.82 Å². The summed E-state index contributed by atoms with van der Waals surface area (Å²) in [5.41, 5.74) is 2.08. The lowest BCUT2D eigenvalue weighted by Gasteiger charge is -2.37. The second kappa shape index (κ2) is 7.80. The molecule has 2 N–H and O–H groups in total. The number of aromatic amines is 1. The topological polar surface area (TPSA) is 79.0 Å². The molecule has 1 fully saturated rings. The van der Waals surface area contributed by atoms with Crippen molar-refractivity contribution in [3.63, 3.8) is 0 Å². The van der Waals surface area contributed by atoms with Gasteiger partial charge in [-0.1, -0.05) is 37.3 Å². The summed E-state index contributed by atoms with van der Waals surface area (Å²) in [6, 6.07) is 10.8. The number of rotatable bonds is 6. The Kier molecular flexibility index (Phi) is 5.08. The van der Waals surface area contributed by atoms with Gasteiger partial charge in [-0.15, -0.1) is 0 Å². The van der Waals surface area contributed by atoms with Crippen LogP contribution in [0.3, 0.4) is 0 Å². The monoisotopic (exact) mass is 352 g/mol. The van der Waals surface area contributed by atoms with E-state index in [4.69, 9.17) is 4.74 Å². The number of morpholine rings is 1. The molecule has 0 saturated carbocycles. The van der Waals surface area contributed by atoms with Gasteiger partial charge in [-0.05, 0) is 12.0 Å². The molecule has 26 heavy (non-hydrogen) atoms. The quantitative estimate of drug-likeness (QED) is 0.709. The molecule has 136 valence electrons. The highest BCUT2D eigenvalue weighted by Crippen LogP contribution is 2.21. The molecular formula is C19H24N6O. The summed E-state index contributed by atoms with van der Waals surface area (Å²) in [6.07, 6.45) is 4.38. The molecule has 0 bridgehead atoms. The van der Waals surface area contributed by atoms with Gasteiger partial charge in [0.05, 0.1) is 30.3 Å². The van der Waals surface area contributed by atoms with Crippen molar-refractivity contribution < 1.29 is 4.74 Å². The van der Waals surface area contributed by atoms with E-state index in [2.05, 4.69) is 67.6 Å². The standard InChI is InChI=1S/C19H24N6O/c1-2-16(23-18-15-10-22-24-19(15)21-13-20-18)17-12-25(8-9-26-17)11-14-6-4-3-5-7-14/h3-7,10,13,16-17H,2,8-9,11-12H2,1H3,(H2,20,21,22,23,24). The second-order valence-electron chi connectivity index (χ2n) is 6.64. The number of H-pyrrole nitrogens is 1. The van der Waals surface area contributed by atoms with E-state index in [1.54, 1.807) is 12.5 Å². The summed E-state index contributed by atoms with van der Waals surface area (Å²) in [4.78, 5) is 11.1. The van der Waals surface area contributed by atoms with Crippen LogP contribution in [0.5, 0.6) is 0 Å². The van der Waals surface area contributed by atoms with E-state index in [0.29, 0.717) is 0 Å². The van der Waals surface area contributed by atoms with E-state index in [0.717, 1.165) is 49.5 Å². The molecule has 0 spiro atoms. The predicted octanol–water partition coefficient (Wildman–Crippen LogP) is 2.44. The third kappa shape index (κ3) is 3.68. The number of anilines is 1. The SMILES string of the molecule is CCC(Nc1ncnc2[nH]ncc12)C1CN(Cc2ccccc2)CCO1. The first-order valence-electron chi connectivity index (χ1n) is 9.12. The van der Waals surface area contributed by atoms with Crippen LogP contribution in [0.1, 0.15) is 18.9 Å².